The fourth-order valence-electron chi connectivity index (χ4n) is 2.81. The van der Waals surface area contributed by atoms with E-state index < -0.39 is 23.4 Å². The molecule has 2 amide bonds. The lowest BCUT2D eigenvalue weighted by Crippen LogP contribution is -2.52. The highest BCUT2D eigenvalue weighted by Gasteiger charge is 2.37. The minimum atomic E-state index is -1.29. The minimum Gasteiger partial charge on any atom is -0.388 e. The molecule has 1 aliphatic rings. The molecule has 3 rings (SSSR count). The van der Waals surface area contributed by atoms with E-state index in [1.807, 2.05) is 0 Å². The van der Waals surface area contributed by atoms with Gasteiger partial charge in [-0.05, 0) is 44.2 Å². The van der Waals surface area contributed by atoms with Crippen LogP contribution in [0.4, 0.5) is 15.8 Å². The van der Waals surface area contributed by atoms with E-state index in [1.165, 1.54) is 26.0 Å². The van der Waals surface area contributed by atoms with Crippen LogP contribution in [-0.2, 0) is 11.3 Å². The summed E-state index contributed by atoms with van der Waals surface area (Å²) >= 11 is 5.96. The Balaban J connectivity index is 1.77. The Hall–Kier alpha value is -2.64. The van der Waals surface area contributed by atoms with E-state index >= 15 is 0 Å². The SMILES string of the molecule is CC(C)(O)[C@@H]1Nc2cc(C(=O)NCc3c(F)cccc3Cl)ccc2NC1=O. The fraction of sp³-hybridized carbons (Fsp3) is 0.263. The monoisotopic (exact) mass is 391 g/mol. The maximum absolute atomic E-state index is 13.8. The van der Waals surface area contributed by atoms with Crippen molar-refractivity contribution in [3.63, 3.8) is 0 Å². The molecule has 2 aromatic rings. The molecule has 1 atom stereocenters. The van der Waals surface area contributed by atoms with E-state index in [1.54, 1.807) is 24.3 Å². The van der Waals surface area contributed by atoms with Crippen molar-refractivity contribution in [2.45, 2.75) is 32.0 Å². The molecule has 1 aliphatic heterocycles. The quantitative estimate of drug-likeness (QED) is 0.645. The Bertz CT molecular complexity index is 891. The molecule has 142 valence electrons. The van der Waals surface area contributed by atoms with Crippen LogP contribution in [-0.4, -0.2) is 28.6 Å². The molecule has 0 spiro atoms. The van der Waals surface area contributed by atoms with Gasteiger partial charge in [0.1, 0.15) is 11.9 Å². The summed E-state index contributed by atoms with van der Waals surface area (Å²) in [7, 11) is 0. The lowest BCUT2D eigenvalue weighted by Gasteiger charge is -2.34. The molecule has 0 aliphatic carbocycles. The average molecular weight is 392 g/mol. The molecular formula is C19H19ClFN3O3. The Morgan fingerprint density at radius 1 is 1.30 bits per heavy atom. The summed E-state index contributed by atoms with van der Waals surface area (Å²) in [4.78, 5) is 24.5. The minimum absolute atomic E-state index is 0.0577. The van der Waals surface area contributed by atoms with Gasteiger partial charge in [-0.2, -0.15) is 0 Å². The number of benzene rings is 2. The second-order valence-corrected chi connectivity index (χ2v) is 7.27. The van der Waals surface area contributed by atoms with Crippen LogP contribution < -0.4 is 16.0 Å². The molecule has 6 nitrogen and oxygen atoms in total. The van der Waals surface area contributed by atoms with Gasteiger partial charge in [0.05, 0.1) is 17.0 Å². The summed E-state index contributed by atoms with van der Waals surface area (Å²) in [5.74, 6) is -1.28. The highest BCUT2D eigenvalue weighted by Crippen LogP contribution is 2.30. The number of hydrogen-bond acceptors (Lipinski definition) is 4. The molecule has 0 aromatic heterocycles. The van der Waals surface area contributed by atoms with Gasteiger partial charge < -0.3 is 21.1 Å². The first kappa shape index (κ1) is 19.1. The van der Waals surface area contributed by atoms with Crippen molar-refractivity contribution in [1.82, 2.24) is 5.32 Å². The van der Waals surface area contributed by atoms with Gasteiger partial charge in [0.25, 0.3) is 5.91 Å². The van der Waals surface area contributed by atoms with E-state index in [-0.39, 0.29) is 23.0 Å². The van der Waals surface area contributed by atoms with Crippen LogP contribution in [0.25, 0.3) is 0 Å². The van der Waals surface area contributed by atoms with Crippen LogP contribution in [0.1, 0.15) is 29.8 Å². The van der Waals surface area contributed by atoms with Crippen molar-refractivity contribution >= 4 is 34.8 Å². The Labute approximate surface area is 160 Å². The number of rotatable bonds is 4. The van der Waals surface area contributed by atoms with E-state index in [0.717, 1.165) is 0 Å². The number of nitrogens with one attached hydrogen (secondary N) is 3. The third-order valence-electron chi connectivity index (χ3n) is 4.30. The molecule has 4 N–H and O–H groups in total. The number of amides is 2. The maximum atomic E-state index is 13.8. The number of hydrogen-bond donors (Lipinski definition) is 4. The predicted octanol–water partition coefficient (Wildman–Crippen LogP) is 2.91. The molecule has 0 bridgehead atoms. The van der Waals surface area contributed by atoms with Crippen LogP contribution in [0.3, 0.4) is 0 Å². The molecule has 8 heteroatoms. The molecule has 1 heterocycles. The van der Waals surface area contributed by atoms with Crippen molar-refractivity contribution in [3.8, 4) is 0 Å². The molecule has 0 unspecified atom stereocenters. The summed E-state index contributed by atoms with van der Waals surface area (Å²) in [6, 6.07) is 8.15. The molecule has 27 heavy (non-hydrogen) atoms. The normalized spacial score (nSPS) is 16.2. The number of aliphatic hydroxyl groups is 1. The number of carbonyl (C=O) groups is 2. The smallest absolute Gasteiger partial charge is 0.251 e. The van der Waals surface area contributed by atoms with E-state index in [4.69, 9.17) is 11.6 Å². The number of carbonyl (C=O) groups excluding carboxylic acids is 2. The number of anilines is 2. The first-order valence-corrected chi connectivity index (χ1v) is 8.69. The van der Waals surface area contributed by atoms with Gasteiger partial charge in [0.15, 0.2) is 0 Å². The van der Waals surface area contributed by atoms with Gasteiger partial charge >= 0.3 is 0 Å². The summed E-state index contributed by atoms with van der Waals surface area (Å²) in [5.41, 5.74) is 0.256. The third kappa shape index (κ3) is 4.04. The number of fused-ring (bicyclic) bond motifs is 1. The summed E-state index contributed by atoms with van der Waals surface area (Å²) in [6.07, 6.45) is 0. The maximum Gasteiger partial charge on any atom is 0.251 e. The van der Waals surface area contributed by atoms with Gasteiger partial charge in [-0.25, -0.2) is 4.39 Å². The standard InChI is InChI=1S/C19H19ClFN3O3/c1-19(2,27)16-18(26)24-14-7-6-10(8-15(14)23-16)17(25)22-9-11-12(20)4-3-5-13(11)21/h3-8,16,23,27H,9H2,1-2H3,(H,22,25)(H,24,26)/t16-/m1/s1. The van der Waals surface area contributed by atoms with Gasteiger partial charge in [0.2, 0.25) is 5.91 Å². The zero-order valence-corrected chi connectivity index (χ0v) is 15.5. The van der Waals surface area contributed by atoms with Gasteiger partial charge in [-0.15, -0.1) is 0 Å². The van der Waals surface area contributed by atoms with Crippen LogP contribution in [0.2, 0.25) is 5.02 Å². The topological polar surface area (TPSA) is 90.5 Å². The molecule has 0 saturated carbocycles. The summed E-state index contributed by atoms with van der Waals surface area (Å²) < 4.78 is 13.8. The van der Waals surface area contributed by atoms with Crippen molar-refractivity contribution in [1.29, 1.82) is 0 Å². The van der Waals surface area contributed by atoms with Gasteiger partial charge in [-0.1, -0.05) is 17.7 Å². The fourth-order valence-corrected chi connectivity index (χ4v) is 3.04. The van der Waals surface area contributed by atoms with Crippen LogP contribution in [0.15, 0.2) is 36.4 Å². The van der Waals surface area contributed by atoms with Crippen LogP contribution in [0, 0.1) is 5.82 Å². The summed E-state index contributed by atoms with van der Waals surface area (Å²) in [6.45, 7) is 2.98. The van der Waals surface area contributed by atoms with Crippen molar-refractivity contribution < 1.29 is 19.1 Å². The Morgan fingerprint density at radius 2 is 2.04 bits per heavy atom. The first-order chi connectivity index (χ1) is 12.7. The second-order valence-electron chi connectivity index (χ2n) is 6.86. The molecule has 0 fully saturated rings. The zero-order valence-electron chi connectivity index (χ0n) is 14.8. The third-order valence-corrected chi connectivity index (χ3v) is 4.65. The lowest BCUT2D eigenvalue weighted by atomic mass is 9.95. The largest absolute Gasteiger partial charge is 0.388 e. The zero-order chi connectivity index (χ0) is 19.8. The van der Waals surface area contributed by atoms with E-state index in [2.05, 4.69) is 16.0 Å². The summed E-state index contributed by atoms with van der Waals surface area (Å²) in [5, 5.41) is 18.6. The van der Waals surface area contributed by atoms with Crippen molar-refractivity contribution in [2.24, 2.45) is 0 Å². The molecule has 0 saturated heterocycles. The second kappa shape index (κ2) is 7.17. The molecule has 2 aromatic carbocycles. The van der Waals surface area contributed by atoms with Gasteiger partial charge in [-0.3, -0.25) is 9.59 Å². The van der Waals surface area contributed by atoms with E-state index in [9.17, 15) is 19.1 Å². The average Bonchev–Trinajstić information content (AvgIpc) is 2.59. The Morgan fingerprint density at radius 3 is 2.70 bits per heavy atom. The van der Waals surface area contributed by atoms with Crippen LogP contribution >= 0.6 is 11.6 Å². The molecule has 0 radical (unpaired) electrons. The van der Waals surface area contributed by atoms with Gasteiger partial charge in [0, 0.05) is 22.7 Å². The highest BCUT2D eigenvalue weighted by molar-refractivity contribution is 6.31. The molecular weight excluding hydrogens is 373 g/mol. The highest BCUT2D eigenvalue weighted by atomic mass is 35.5. The first-order valence-electron chi connectivity index (χ1n) is 8.32. The van der Waals surface area contributed by atoms with Crippen molar-refractivity contribution in [3.05, 3.63) is 58.4 Å². The predicted molar refractivity (Wildman–Crippen MR) is 101 cm³/mol. The lowest BCUT2D eigenvalue weighted by molar-refractivity contribution is -0.121. The Kier molecular flexibility index (Phi) is 5.08. The number of halogens is 2. The van der Waals surface area contributed by atoms with E-state index in [0.29, 0.717) is 16.9 Å². The van der Waals surface area contributed by atoms with Crippen LogP contribution in [0.5, 0.6) is 0 Å². The van der Waals surface area contributed by atoms with Crippen molar-refractivity contribution in [2.75, 3.05) is 10.6 Å².